The number of nitrogens with one attached hydrogen (secondary N) is 4. The maximum Gasteiger partial charge on any atom is 0.326 e. The molecular formula is C37H69N4O8P. The topological polar surface area (TPSA) is 191 Å². The van der Waals surface area contributed by atoms with E-state index in [0.29, 0.717) is 38.8 Å². The summed E-state index contributed by atoms with van der Waals surface area (Å²) < 4.78 is 0. The average molecular weight is 729 g/mol. The van der Waals surface area contributed by atoms with Crippen molar-refractivity contribution in [2.45, 2.75) is 180 Å². The summed E-state index contributed by atoms with van der Waals surface area (Å²) in [5.74, 6) is -2.41. The molecule has 0 aromatic rings. The average Bonchev–Trinajstić information content (AvgIpc) is 3.06. The molecule has 0 spiro atoms. The molecule has 0 fully saturated rings. The molecular weight excluding hydrogens is 659 g/mol. The van der Waals surface area contributed by atoms with Crippen LogP contribution in [0, 0.1) is 0 Å². The standard InChI is InChI=1S/C37H69N4O8P/c1-2-38-31(37(49)50)22-19-21-29-39-32(42)23-17-15-20-28-40-33(43)27-26-30(36(47)48)41-34(44)24-16-13-11-9-7-5-3-4-6-8-10-12-14-18-25-35(45)46/h30-31,38H,2-29,50H2,1H3,(H,39,42)(H,40,43)(H,41,44)(H,45,46)(H,47,48)/t30-,31-/m0/s1. The molecule has 12 nitrogen and oxygen atoms in total. The van der Waals surface area contributed by atoms with Gasteiger partial charge >= 0.3 is 11.9 Å². The van der Waals surface area contributed by atoms with E-state index < -0.39 is 18.0 Å². The largest absolute Gasteiger partial charge is 0.481 e. The van der Waals surface area contributed by atoms with Crippen molar-refractivity contribution in [3.8, 4) is 0 Å². The first kappa shape index (κ1) is 47.4. The van der Waals surface area contributed by atoms with Gasteiger partial charge < -0.3 is 31.5 Å². The summed E-state index contributed by atoms with van der Waals surface area (Å²) in [7, 11) is 2.22. The molecule has 0 heterocycles. The zero-order valence-electron chi connectivity index (χ0n) is 30.9. The molecule has 0 rings (SSSR count). The Morgan fingerprint density at radius 3 is 1.38 bits per heavy atom. The van der Waals surface area contributed by atoms with Gasteiger partial charge in [0.15, 0.2) is 5.52 Å². The summed E-state index contributed by atoms with van der Waals surface area (Å²) in [5.41, 5.74) is 0.0546. The van der Waals surface area contributed by atoms with Gasteiger partial charge in [0, 0.05) is 38.8 Å². The number of aliphatic carboxylic acids is 2. The van der Waals surface area contributed by atoms with Crippen molar-refractivity contribution in [1.29, 1.82) is 0 Å². The molecule has 13 heteroatoms. The van der Waals surface area contributed by atoms with Crippen LogP contribution in [0.1, 0.15) is 167 Å². The van der Waals surface area contributed by atoms with Crippen LogP contribution < -0.4 is 21.3 Å². The lowest BCUT2D eigenvalue weighted by atomic mass is 10.0. The monoisotopic (exact) mass is 728 g/mol. The van der Waals surface area contributed by atoms with Crippen molar-refractivity contribution in [3.63, 3.8) is 0 Å². The highest BCUT2D eigenvalue weighted by Crippen LogP contribution is 2.14. The number of carbonyl (C=O) groups is 6. The van der Waals surface area contributed by atoms with E-state index in [0.717, 1.165) is 70.8 Å². The SMILES string of the molecule is CCN[C@@H](CCCCNC(=O)CCCCCNC(=O)CC[C@H](NC(=O)CCCCCCCCCCCCCCCCC(=O)O)C(=O)O)C(=O)P. The second kappa shape index (κ2) is 33.5. The fourth-order valence-corrected chi connectivity index (χ4v) is 6.05. The molecule has 3 amide bonds. The molecule has 0 aromatic heterocycles. The van der Waals surface area contributed by atoms with Gasteiger partial charge in [0.2, 0.25) is 17.7 Å². The summed E-state index contributed by atoms with van der Waals surface area (Å²) >= 11 is 0. The Bertz CT molecular complexity index is 952. The van der Waals surface area contributed by atoms with Gasteiger partial charge in [-0.15, -0.1) is 0 Å². The van der Waals surface area contributed by atoms with Gasteiger partial charge in [-0.05, 0) is 57.9 Å². The smallest absolute Gasteiger partial charge is 0.326 e. The molecule has 0 radical (unpaired) electrons. The first-order chi connectivity index (χ1) is 24.1. The second-order valence-corrected chi connectivity index (χ2v) is 13.9. The molecule has 6 N–H and O–H groups in total. The highest BCUT2D eigenvalue weighted by Gasteiger charge is 2.20. The summed E-state index contributed by atoms with van der Waals surface area (Å²) in [4.78, 5) is 70.2. The van der Waals surface area contributed by atoms with Gasteiger partial charge in [-0.3, -0.25) is 24.0 Å². The Labute approximate surface area is 303 Å². The van der Waals surface area contributed by atoms with Gasteiger partial charge in [0.1, 0.15) is 6.04 Å². The number of likely N-dealkylation sites (N-methyl/N-ethyl adjacent to an activating group) is 1. The van der Waals surface area contributed by atoms with Gasteiger partial charge in [-0.1, -0.05) is 99.6 Å². The van der Waals surface area contributed by atoms with Crippen molar-refractivity contribution in [3.05, 3.63) is 0 Å². The highest BCUT2D eigenvalue weighted by atomic mass is 31.0. The van der Waals surface area contributed by atoms with Crippen LogP contribution in [0.5, 0.6) is 0 Å². The molecule has 50 heavy (non-hydrogen) atoms. The molecule has 290 valence electrons. The van der Waals surface area contributed by atoms with Crippen molar-refractivity contribution in [2.24, 2.45) is 0 Å². The van der Waals surface area contributed by atoms with Gasteiger partial charge in [0.05, 0.1) is 6.04 Å². The third-order valence-corrected chi connectivity index (χ3v) is 9.18. The third kappa shape index (κ3) is 31.4. The van der Waals surface area contributed by atoms with Gasteiger partial charge in [-0.2, -0.15) is 0 Å². The maximum absolute atomic E-state index is 12.3. The molecule has 0 aromatic carbocycles. The van der Waals surface area contributed by atoms with E-state index in [1.165, 1.54) is 44.9 Å². The number of carboxylic acids is 2. The lowest BCUT2D eigenvalue weighted by Crippen LogP contribution is -2.41. The quantitative estimate of drug-likeness (QED) is 0.0332. The first-order valence-electron chi connectivity index (χ1n) is 19.4. The van der Waals surface area contributed by atoms with Crippen LogP contribution in [0.2, 0.25) is 0 Å². The molecule has 0 saturated heterocycles. The molecule has 0 aliphatic heterocycles. The molecule has 0 bridgehead atoms. The zero-order chi connectivity index (χ0) is 37.2. The number of rotatable bonds is 36. The van der Waals surface area contributed by atoms with Crippen molar-refractivity contribution >= 4 is 44.4 Å². The van der Waals surface area contributed by atoms with E-state index in [2.05, 4.69) is 30.5 Å². The number of unbranched alkanes of at least 4 members (excludes halogenated alkanes) is 16. The van der Waals surface area contributed by atoms with Crippen LogP contribution in [-0.2, 0) is 28.8 Å². The maximum atomic E-state index is 12.3. The van der Waals surface area contributed by atoms with E-state index in [9.17, 15) is 33.9 Å². The number of hydrogen-bond donors (Lipinski definition) is 6. The Morgan fingerprint density at radius 2 is 0.920 bits per heavy atom. The molecule has 3 atom stereocenters. The number of hydrogen-bond acceptors (Lipinski definition) is 7. The minimum atomic E-state index is -1.15. The molecule has 0 aliphatic rings. The molecule has 1 unspecified atom stereocenters. The number of amides is 3. The van der Waals surface area contributed by atoms with Gasteiger partial charge in [-0.25, -0.2) is 4.79 Å². The fraction of sp³-hybridized carbons (Fsp3) is 0.838. The van der Waals surface area contributed by atoms with Crippen LogP contribution in [0.4, 0.5) is 0 Å². The predicted molar refractivity (Wildman–Crippen MR) is 201 cm³/mol. The lowest BCUT2D eigenvalue weighted by molar-refractivity contribution is -0.142. The van der Waals surface area contributed by atoms with Crippen LogP contribution in [-0.4, -0.2) is 77.1 Å². The Balaban J connectivity index is 3.76. The molecule has 0 aliphatic carbocycles. The Morgan fingerprint density at radius 1 is 0.500 bits per heavy atom. The van der Waals surface area contributed by atoms with E-state index >= 15 is 0 Å². The summed E-state index contributed by atoms with van der Waals surface area (Å²) in [6, 6.07) is -1.24. The lowest BCUT2D eigenvalue weighted by Gasteiger charge is -2.14. The Kier molecular flexibility index (Phi) is 31.8. The van der Waals surface area contributed by atoms with Crippen LogP contribution in [0.15, 0.2) is 0 Å². The Hall–Kier alpha value is -2.59. The second-order valence-electron chi connectivity index (χ2n) is 13.4. The number of carbonyl (C=O) groups excluding carboxylic acids is 4. The van der Waals surface area contributed by atoms with Crippen LogP contribution in [0.3, 0.4) is 0 Å². The predicted octanol–water partition coefficient (Wildman–Crippen LogP) is 6.01. The normalized spacial score (nSPS) is 12.2. The zero-order valence-corrected chi connectivity index (χ0v) is 32.0. The minimum absolute atomic E-state index is 0.00437. The van der Waals surface area contributed by atoms with Crippen molar-refractivity contribution in [1.82, 2.24) is 21.3 Å². The van der Waals surface area contributed by atoms with Crippen LogP contribution >= 0.6 is 9.24 Å². The van der Waals surface area contributed by atoms with E-state index in [4.69, 9.17) is 5.11 Å². The van der Waals surface area contributed by atoms with Crippen LogP contribution in [0.25, 0.3) is 0 Å². The summed E-state index contributed by atoms with van der Waals surface area (Å²) in [5, 5.41) is 29.5. The van der Waals surface area contributed by atoms with E-state index in [1.807, 2.05) is 6.92 Å². The summed E-state index contributed by atoms with van der Waals surface area (Å²) in [6.45, 7) is 3.74. The number of carboxylic acid groups (broad SMARTS) is 2. The van der Waals surface area contributed by atoms with E-state index in [1.54, 1.807) is 0 Å². The first-order valence-corrected chi connectivity index (χ1v) is 19.9. The summed E-state index contributed by atoms with van der Waals surface area (Å²) in [6.07, 6.45) is 20.9. The minimum Gasteiger partial charge on any atom is -0.481 e. The van der Waals surface area contributed by atoms with Crippen molar-refractivity contribution < 1.29 is 39.0 Å². The molecule has 0 saturated carbocycles. The highest BCUT2D eigenvalue weighted by molar-refractivity contribution is 7.40. The van der Waals surface area contributed by atoms with Gasteiger partial charge in [0.25, 0.3) is 0 Å². The van der Waals surface area contributed by atoms with E-state index in [-0.39, 0.29) is 55.0 Å². The third-order valence-electron chi connectivity index (χ3n) is 8.78. The van der Waals surface area contributed by atoms with Crippen molar-refractivity contribution in [2.75, 3.05) is 19.6 Å². The fourth-order valence-electron chi connectivity index (χ4n) is 5.77.